The monoisotopic (exact) mass is 948 g/mol. The summed E-state index contributed by atoms with van der Waals surface area (Å²) in [4.78, 5) is 12.5. The minimum atomic E-state index is -0.401. The molecule has 0 aliphatic carbocycles. The molecular weight excluding hydrogens is 871 g/mol. The smallest absolute Gasteiger partial charge is 0.246 e. The zero-order valence-electron chi connectivity index (χ0n) is 40.0. The van der Waals surface area contributed by atoms with E-state index >= 15 is 0 Å². The Hall–Kier alpha value is -3.21. The fraction of sp³-hybridized carbons (Fsp3) is 0.660. The number of rotatable bonds is 47. The van der Waals surface area contributed by atoms with Crippen LogP contribution in [0.15, 0.2) is 54.6 Å². The molecule has 0 spiro atoms. The van der Waals surface area contributed by atoms with E-state index in [9.17, 15) is 4.79 Å². The second-order valence-electron chi connectivity index (χ2n) is 15.0. The third-order valence-electron chi connectivity index (χ3n) is 10.0. The average Bonchev–Trinajstić information content (AvgIpc) is 3.35. The molecule has 0 aliphatic rings. The van der Waals surface area contributed by atoms with Gasteiger partial charge in [0.05, 0.1) is 178 Å². The van der Waals surface area contributed by atoms with E-state index in [2.05, 4.69) is 59.9 Å². The van der Waals surface area contributed by atoms with Gasteiger partial charge < -0.3 is 76.4 Å². The van der Waals surface area contributed by atoms with Gasteiger partial charge in [-0.05, 0) is 51.7 Å². The average molecular weight is 948 g/mol. The van der Waals surface area contributed by atoms with Crippen LogP contribution in [0.2, 0.25) is 0 Å². The molecule has 4 aromatic carbocycles. The SMILES string of the molecule is CCOCCOCCOCCOCCOCC(CNC(=O)COCCOCCOCCOCCOCc1ccc2ccc3cccc4ccc1c2c34)OCCOCCOCCOCCOCC. The van der Waals surface area contributed by atoms with E-state index in [1.165, 1.54) is 37.9 Å². The van der Waals surface area contributed by atoms with E-state index in [-0.39, 0.29) is 32.3 Å². The Labute approximate surface area is 396 Å². The van der Waals surface area contributed by atoms with Gasteiger partial charge in [-0.15, -0.1) is 0 Å². The Kier molecular flexibility index (Phi) is 32.5. The molecule has 1 N–H and O–H groups in total. The van der Waals surface area contributed by atoms with Crippen molar-refractivity contribution in [3.8, 4) is 0 Å². The number of nitrogens with one attached hydrogen (secondary N) is 1. The quantitative estimate of drug-likeness (QED) is 0.0471. The van der Waals surface area contributed by atoms with Crippen molar-refractivity contribution in [2.24, 2.45) is 0 Å². The first kappa shape index (κ1) is 56.4. The second-order valence-corrected chi connectivity index (χ2v) is 15.0. The first-order valence-corrected chi connectivity index (χ1v) is 23.8. The van der Waals surface area contributed by atoms with Crippen LogP contribution in [0.3, 0.4) is 0 Å². The molecule has 1 atom stereocenters. The van der Waals surface area contributed by atoms with E-state index in [0.717, 1.165) is 0 Å². The summed E-state index contributed by atoms with van der Waals surface area (Å²) >= 11 is 0. The molecule has 67 heavy (non-hydrogen) atoms. The van der Waals surface area contributed by atoms with E-state index in [1.54, 1.807) is 0 Å². The van der Waals surface area contributed by atoms with Crippen molar-refractivity contribution >= 4 is 38.2 Å². The Balaban J connectivity index is 0.958. The largest absolute Gasteiger partial charge is 0.379 e. The lowest BCUT2D eigenvalue weighted by atomic mass is 9.92. The molecule has 0 radical (unpaired) electrons. The van der Waals surface area contributed by atoms with Crippen molar-refractivity contribution in [1.82, 2.24) is 5.32 Å². The van der Waals surface area contributed by atoms with Gasteiger partial charge in [0.25, 0.3) is 0 Å². The lowest BCUT2D eigenvalue weighted by molar-refractivity contribution is -0.127. The molecule has 17 heteroatoms. The highest BCUT2D eigenvalue weighted by Crippen LogP contribution is 2.36. The second kappa shape index (κ2) is 38.6. The van der Waals surface area contributed by atoms with E-state index in [4.69, 9.17) is 71.1 Å². The van der Waals surface area contributed by atoms with Gasteiger partial charge in [0, 0.05) is 19.8 Å². The molecule has 378 valence electrons. The van der Waals surface area contributed by atoms with Crippen molar-refractivity contribution in [3.05, 3.63) is 60.2 Å². The van der Waals surface area contributed by atoms with Crippen LogP contribution < -0.4 is 5.32 Å². The molecule has 1 unspecified atom stereocenters. The van der Waals surface area contributed by atoms with Gasteiger partial charge in [0.1, 0.15) is 6.61 Å². The van der Waals surface area contributed by atoms with E-state index in [0.29, 0.717) is 172 Å². The molecule has 17 nitrogen and oxygen atoms in total. The van der Waals surface area contributed by atoms with Gasteiger partial charge in [0.15, 0.2) is 0 Å². The molecule has 4 rings (SSSR count). The van der Waals surface area contributed by atoms with Gasteiger partial charge >= 0.3 is 0 Å². The van der Waals surface area contributed by atoms with Gasteiger partial charge in [0.2, 0.25) is 5.91 Å². The van der Waals surface area contributed by atoms with Crippen molar-refractivity contribution < 1.29 is 75.8 Å². The minimum absolute atomic E-state index is 0.108. The Morgan fingerprint density at radius 2 is 0.806 bits per heavy atom. The van der Waals surface area contributed by atoms with Crippen LogP contribution in [0.5, 0.6) is 0 Å². The molecular formula is C50H77NO16. The topological polar surface area (TPSA) is 168 Å². The highest BCUT2D eigenvalue weighted by atomic mass is 16.6. The van der Waals surface area contributed by atoms with Gasteiger partial charge in [-0.2, -0.15) is 0 Å². The fourth-order valence-corrected chi connectivity index (χ4v) is 6.71. The van der Waals surface area contributed by atoms with Crippen molar-refractivity contribution in [2.45, 2.75) is 26.6 Å². The summed E-state index contributed by atoms with van der Waals surface area (Å²) < 4.78 is 83.7. The standard InChI is InChI=1S/C50H77NO16/c1-3-53-14-16-55-18-20-57-23-26-61-31-34-65-40-46(67-37-36-63-29-28-59-21-19-56-17-15-54-4-2)38-51-48(52)41-66-35-32-62-27-24-58-22-25-60-30-33-64-39-45-11-10-44-9-8-42-6-5-7-43-12-13-47(45)50(44)49(42)43/h5-13,46H,3-4,14-41H2,1-2H3,(H,51,52). The molecule has 0 aromatic heterocycles. The van der Waals surface area contributed by atoms with E-state index in [1.807, 2.05) is 13.8 Å². The van der Waals surface area contributed by atoms with Crippen LogP contribution in [-0.4, -0.2) is 204 Å². The van der Waals surface area contributed by atoms with Crippen LogP contribution in [-0.2, 0) is 82.5 Å². The highest BCUT2D eigenvalue weighted by Gasteiger charge is 2.13. The fourth-order valence-electron chi connectivity index (χ4n) is 6.71. The summed E-state index contributed by atoms with van der Waals surface area (Å²) in [6, 6.07) is 19.6. The predicted molar refractivity (Wildman–Crippen MR) is 255 cm³/mol. The number of hydrogen-bond acceptors (Lipinski definition) is 16. The summed E-state index contributed by atoms with van der Waals surface area (Å²) in [5, 5.41) is 10.4. The van der Waals surface area contributed by atoms with Gasteiger partial charge in [-0.25, -0.2) is 0 Å². The summed E-state index contributed by atoms with van der Waals surface area (Å²) in [6.45, 7) is 17.0. The first-order valence-electron chi connectivity index (χ1n) is 23.8. The molecule has 0 bridgehead atoms. The Morgan fingerprint density at radius 3 is 1.30 bits per heavy atom. The molecule has 0 aliphatic heterocycles. The molecule has 0 saturated heterocycles. The number of ether oxygens (including phenoxy) is 15. The van der Waals surface area contributed by atoms with Crippen LogP contribution in [0.1, 0.15) is 19.4 Å². The Bertz CT molecular complexity index is 1770. The maximum atomic E-state index is 12.5. The third kappa shape index (κ3) is 25.3. The molecule has 0 saturated carbocycles. The van der Waals surface area contributed by atoms with Crippen molar-refractivity contribution in [1.29, 1.82) is 0 Å². The first-order chi connectivity index (χ1) is 33.2. The predicted octanol–water partition coefficient (Wildman–Crippen LogP) is 4.86. The zero-order valence-corrected chi connectivity index (χ0v) is 40.0. The normalized spacial score (nSPS) is 12.3. The highest BCUT2D eigenvalue weighted by molar-refractivity contribution is 6.23. The number of carbonyl (C=O) groups excluding carboxylic acids is 1. The third-order valence-corrected chi connectivity index (χ3v) is 10.0. The van der Waals surface area contributed by atoms with Crippen molar-refractivity contribution in [2.75, 3.05) is 192 Å². The lowest BCUT2D eigenvalue weighted by Crippen LogP contribution is -2.39. The van der Waals surface area contributed by atoms with Gasteiger partial charge in [-0.1, -0.05) is 54.6 Å². The maximum Gasteiger partial charge on any atom is 0.246 e. The lowest BCUT2D eigenvalue weighted by Gasteiger charge is -2.19. The molecule has 4 aromatic rings. The Morgan fingerprint density at radius 1 is 0.418 bits per heavy atom. The maximum absolute atomic E-state index is 12.5. The summed E-state index contributed by atoms with van der Waals surface area (Å²) in [5.41, 5.74) is 1.17. The van der Waals surface area contributed by atoms with Crippen molar-refractivity contribution in [3.63, 3.8) is 0 Å². The van der Waals surface area contributed by atoms with Crippen LogP contribution in [0.4, 0.5) is 0 Å². The summed E-state index contributed by atoms with van der Waals surface area (Å²) in [7, 11) is 0. The minimum Gasteiger partial charge on any atom is -0.379 e. The summed E-state index contributed by atoms with van der Waals surface area (Å²) in [5.74, 6) is -0.270. The number of carbonyl (C=O) groups is 1. The molecule has 0 fully saturated rings. The molecule has 1 amide bonds. The number of amides is 1. The van der Waals surface area contributed by atoms with E-state index < -0.39 is 6.10 Å². The number of hydrogen-bond donors (Lipinski definition) is 1. The van der Waals surface area contributed by atoms with Crippen LogP contribution in [0, 0.1) is 0 Å². The zero-order chi connectivity index (χ0) is 47.1. The summed E-state index contributed by atoms with van der Waals surface area (Å²) in [6.07, 6.45) is -0.401. The molecule has 0 heterocycles. The van der Waals surface area contributed by atoms with Gasteiger partial charge in [-0.3, -0.25) is 4.79 Å². The number of benzene rings is 4. The van der Waals surface area contributed by atoms with Crippen LogP contribution in [0.25, 0.3) is 32.3 Å². The van der Waals surface area contributed by atoms with Crippen LogP contribution >= 0.6 is 0 Å².